The molecule has 1 fully saturated rings. The third kappa shape index (κ3) is 2.76. The van der Waals surface area contributed by atoms with Crippen LogP contribution < -0.4 is 5.32 Å². The Balaban J connectivity index is 2.15. The van der Waals surface area contributed by atoms with E-state index in [9.17, 15) is 22.8 Å². The van der Waals surface area contributed by atoms with E-state index in [0.29, 0.717) is 0 Å². The number of carboxylic acids is 1. The lowest BCUT2D eigenvalue weighted by atomic mass is 10.1. The van der Waals surface area contributed by atoms with Crippen LogP contribution in [0.1, 0.15) is 17.5 Å². The van der Waals surface area contributed by atoms with Gasteiger partial charge in [0, 0.05) is 5.69 Å². The molecule has 1 aromatic rings. The Bertz CT molecular complexity index is 568. The molecule has 0 spiro atoms. The third-order valence-electron chi connectivity index (χ3n) is 3.34. The number of rotatable bonds is 3. The Kier molecular flexibility index (Phi) is 3.45. The Morgan fingerprint density at radius 2 is 1.95 bits per heavy atom. The molecule has 1 saturated carbocycles. The molecule has 0 saturated heterocycles. The van der Waals surface area contributed by atoms with E-state index >= 15 is 0 Å². The van der Waals surface area contributed by atoms with Crippen molar-refractivity contribution in [1.29, 1.82) is 0 Å². The molecule has 0 radical (unpaired) electrons. The molecule has 1 amide bonds. The number of halogens is 3. The van der Waals surface area contributed by atoms with Gasteiger partial charge in [0.05, 0.1) is 17.4 Å². The molecule has 1 aromatic carbocycles. The van der Waals surface area contributed by atoms with E-state index in [1.54, 1.807) is 0 Å². The molecule has 0 heterocycles. The van der Waals surface area contributed by atoms with Crippen molar-refractivity contribution >= 4 is 17.6 Å². The van der Waals surface area contributed by atoms with Crippen LogP contribution in [0.4, 0.5) is 18.9 Å². The molecule has 2 N–H and O–H groups in total. The summed E-state index contributed by atoms with van der Waals surface area (Å²) in [5.41, 5.74) is -0.845. The second-order valence-corrected chi connectivity index (χ2v) is 4.75. The van der Waals surface area contributed by atoms with Crippen molar-refractivity contribution < 1.29 is 27.9 Å². The van der Waals surface area contributed by atoms with Crippen molar-refractivity contribution in [2.24, 2.45) is 11.8 Å². The average Bonchev–Trinajstić information content (AvgIpc) is 3.10. The first-order chi connectivity index (χ1) is 9.21. The molecule has 2 rings (SSSR count). The van der Waals surface area contributed by atoms with Crippen LogP contribution in [0.2, 0.25) is 0 Å². The van der Waals surface area contributed by atoms with Crippen molar-refractivity contribution in [3.63, 3.8) is 0 Å². The van der Waals surface area contributed by atoms with Crippen LogP contribution in [0.15, 0.2) is 18.2 Å². The summed E-state index contributed by atoms with van der Waals surface area (Å²) in [5, 5.41) is 11.1. The summed E-state index contributed by atoms with van der Waals surface area (Å²) < 4.78 is 38.1. The highest BCUT2D eigenvalue weighted by Crippen LogP contribution is 2.40. The molecule has 7 heteroatoms. The number of hydrogen-bond acceptors (Lipinski definition) is 2. The summed E-state index contributed by atoms with van der Waals surface area (Å²) in [6.45, 7) is 1.26. The Morgan fingerprint density at radius 1 is 1.30 bits per heavy atom. The Morgan fingerprint density at radius 3 is 2.45 bits per heavy atom. The summed E-state index contributed by atoms with van der Waals surface area (Å²) in [6.07, 6.45) is -4.27. The van der Waals surface area contributed by atoms with E-state index in [1.807, 2.05) is 0 Å². The van der Waals surface area contributed by atoms with Crippen LogP contribution in [0.5, 0.6) is 0 Å². The quantitative estimate of drug-likeness (QED) is 0.898. The van der Waals surface area contributed by atoms with Gasteiger partial charge in [0.1, 0.15) is 0 Å². The molecule has 1 aliphatic carbocycles. The van der Waals surface area contributed by atoms with Crippen LogP contribution in [-0.4, -0.2) is 17.0 Å². The summed E-state index contributed by atoms with van der Waals surface area (Å²) in [4.78, 5) is 22.4. The molecule has 4 nitrogen and oxygen atoms in total. The van der Waals surface area contributed by atoms with Gasteiger partial charge in [0.25, 0.3) is 0 Å². The lowest BCUT2D eigenvalue weighted by Gasteiger charge is -2.14. The lowest BCUT2D eigenvalue weighted by molar-refractivity contribution is -0.140. The zero-order valence-electron chi connectivity index (χ0n) is 10.5. The molecule has 0 aliphatic heterocycles. The number of hydrogen-bond donors (Lipinski definition) is 2. The largest absolute Gasteiger partial charge is 0.481 e. The number of anilines is 1. The van der Waals surface area contributed by atoms with Crippen LogP contribution in [0.25, 0.3) is 0 Å². The second-order valence-electron chi connectivity index (χ2n) is 4.75. The predicted octanol–water partition coefficient (Wildman–Crippen LogP) is 2.67. The smallest absolute Gasteiger partial charge is 0.416 e. The minimum absolute atomic E-state index is 0.0564. The number of carboxylic acid groups (broad SMARTS) is 1. The van der Waals surface area contributed by atoms with E-state index in [2.05, 4.69) is 5.32 Å². The number of benzene rings is 1. The first kappa shape index (κ1) is 14.4. The van der Waals surface area contributed by atoms with E-state index < -0.39 is 35.5 Å². The number of carbonyl (C=O) groups is 2. The standard InChI is InChI=1S/C13H12F3NO3/c1-6-9(13(14,15)16)3-2-4-10(6)17-11(18)7-5-8(7)12(19)20/h2-4,7-8H,5H2,1H3,(H,17,18)(H,19,20). The van der Waals surface area contributed by atoms with Crippen molar-refractivity contribution in [2.75, 3.05) is 5.32 Å². The maximum atomic E-state index is 12.7. The Labute approximate surface area is 112 Å². The van der Waals surface area contributed by atoms with Crippen LogP contribution in [0, 0.1) is 18.8 Å². The predicted molar refractivity (Wildman–Crippen MR) is 64.0 cm³/mol. The highest BCUT2D eigenvalue weighted by molar-refractivity contribution is 5.98. The van der Waals surface area contributed by atoms with Gasteiger partial charge in [-0.2, -0.15) is 13.2 Å². The summed E-state index contributed by atoms with van der Waals surface area (Å²) >= 11 is 0. The average molecular weight is 287 g/mol. The Hall–Kier alpha value is -2.05. The summed E-state index contributed by atoms with van der Waals surface area (Å²) in [5.74, 6) is -3.02. The van der Waals surface area contributed by atoms with E-state index in [-0.39, 0.29) is 17.7 Å². The van der Waals surface area contributed by atoms with Gasteiger partial charge in [-0.3, -0.25) is 9.59 Å². The van der Waals surface area contributed by atoms with Gasteiger partial charge >= 0.3 is 12.1 Å². The molecular weight excluding hydrogens is 275 g/mol. The zero-order chi connectivity index (χ0) is 15.1. The fourth-order valence-corrected chi connectivity index (χ4v) is 2.06. The van der Waals surface area contributed by atoms with Crippen LogP contribution in [-0.2, 0) is 15.8 Å². The molecule has 0 bridgehead atoms. The summed E-state index contributed by atoms with van der Waals surface area (Å²) in [7, 11) is 0. The van der Waals surface area contributed by atoms with Gasteiger partial charge in [-0.1, -0.05) is 6.07 Å². The lowest BCUT2D eigenvalue weighted by Crippen LogP contribution is -2.18. The molecule has 2 atom stereocenters. The third-order valence-corrected chi connectivity index (χ3v) is 3.34. The monoisotopic (exact) mass is 287 g/mol. The fraction of sp³-hybridized carbons (Fsp3) is 0.385. The SMILES string of the molecule is Cc1c(NC(=O)C2CC2C(=O)O)cccc1C(F)(F)F. The first-order valence-electron chi connectivity index (χ1n) is 5.92. The van der Waals surface area contributed by atoms with Gasteiger partial charge in [0.15, 0.2) is 0 Å². The number of alkyl halides is 3. The van der Waals surface area contributed by atoms with Crippen molar-refractivity contribution in [2.45, 2.75) is 19.5 Å². The van der Waals surface area contributed by atoms with Crippen molar-refractivity contribution in [3.05, 3.63) is 29.3 Å². The molecule has 0 aromatic heterocycles. The normalized spacial score (nSPS) is 21.4. The molecular formula is C13H12F3NO3. The second kappa shape index (κ2) is 4.81. The highest BCUT2D eigenvalue weighted by Gasteiger charge is 2.48. The van der Waals surface area contributed by atoms with Gasteiger partial charge in [0.2, 0.25) is 5.91 Å². The van der Waals surface area contributed by atoms with Crippen molar-refractivity contribution in [1.82, 2.24) is 0 Å². The number of carbonyl (C=O) groups excluding carboxylic acids is 1. The maximum absolute atomic E-state index is 12.7. The van der Waals surface area contributed by atoms with E-state index in [4.69, 9.17) is 5.11 Å². The van der Waals surface area contributed by atoms with E-state index in [1.165, 1.54) is 19.1 Å². The molecule has 108 valence electrons. The van der Waals surface area contributed by atoms with Gasteiger partial charge in [-0.25, -0.2) is 0 Å². The number of amides is 1. The van der Waals surface area contributed by atoms with Crippen LogP contribution >= 0.6 is 0 Å². The molecule has 2 unspecified atom stereocenters. The molecule has 1 aliphatic rings. The van der Waals surface area contributed by atoms with E-state index in [0.717, 1.165) is 6.07 Å². The summed E-state index contributed by atoms with van der Waals surface area (Å²) in [6, 6.07) is 3.50. The number of aliphatic carboxylic acids is 1. The minimum Gasteiger partial charge on any atom is -0.481 e. The number of nitrogens with one attached hydrogen (secondary N) is 1. The van der Waals surface area contributed by atoms with Gasteiger partial charge in [-0.05, 0) is 31.0 Å². The van der Waals surface area contributed by atoms with Gasteiger partial charge < -0.3 is 10.4 Å². The van der Waals surface area contributed by atoms with Crippen molar-refractivity contribution in [3.8, 4) is 0 Å². The minimum atomic E-state index is -4.49. The first-order valence-corrected chi connectivity index (χ1v) is 5.92. The molecule has 20 heavy (non-hydrogen) atoms. The van der Waals surface area contributed by atoms with Crippen LogP contribution in [0.3, 0.4) is 0 Å². The topological polar surface area (TPSA) is 66.4 Å². The fourth-order valence-electron chi connectivity index (χ4n) is 2.06. The van der Waals surface area contributed by atoms with Gasteiger partial charge in [-0.15, -0.1) is 0 Å². The highest BCUT2D eigenvalue weighted by atomic mass is 19.4. The maximum Gasteiger partial charge on any atom is 0.416 e. The zero-order valence-corrected chi connectivity index (χ0v) is 10.5.